The molecule has 2 aromatic carbocycles. The number of nitrogens with one attached hydrogen (secondary N) is 1. The maximum Gasteiger partial charge on any atom is 0.266 e. The fraction of sp³-hybridized carbons (Fsp3) is 0.100. The molecule has 0 saturated carbocycles. The Morgan fingerprint density at radius 2 is 1.93 bits per heavy atom. The predicted molar refractivity (Wildman–Crippen MR) is 115 cm³/mol. The number of carboxylic acids is 1. The first kappa shape index (κ1) is 21.0. The number of nitrogens with zero attached hydrogens (tertiary/aromatic N) is 1. The molecule has 1 N–H and O–H groups in total. The van der Waals surface area contributed by atoms with Crippen molar-refractivity contribution in [1.29, 1.82) is 0 Å². The van der Waals surface area contributed by atoms with Gasteiger partial charge in [-0.05, 0) is 41.5 Å². The van der Waals surface area contributed by atoms with E-state index in [0.29, 0.717) is 19.9 Å². The molecule has 3 rings (SSSR count). The summed E-state index contributed by atoms with van der Waals surface area (Å²) in [7, 11) is 0. The van der Waals surface area contributed by atoms with Crippen LogP contribution in [-0.4, -0.2) is 33.5 Å². The van der Waals surface area contributed by atoms with Gasteiger partial charge in [0, 0.05) is 23.7 Å². The van der Waals surface area contributed by atoms with Crippen LogP contribution in [0.3, 0.4) is 0 Å². The van der Waals surface area contributed by atoms with Gasteiger partial charge in [-0.25, -0.2) is 0 Å². The van der Waals surface area contributed by atoms with Crippen molar-refractivity contribution in [2.45, 2.75) is 6.42 Å². The van der Waals surface area contributed by atoms with E-state index in [1.165, 1.54) is 34.9 Å². The molecule has 0 bridgehead atoms. The second-order valence-electron chi connectivity index (χ2n) is 6.05. The van der Waals surface area contributed by atoms with Crippen molar-refractivity contribution in [1.82, 2.24) is 4.90 Å². The zero-order chi connectivity index (χ0) is 21.0. The van der Waals surface area contributed by atoms with E-state index in [1.54, 1.807) is 36.4 Å². The standard InChI is InChI=1S/C20H15ClN2O4S2/c21-14-6-4-12(5-7-14)10-16-18(25)23(20(28)29-16)9-8-17(24)22-15-3-1-2-13(11-15)19(26)27/h1-7,10-11H,8-9H2,(H,22,24)(H,26,27)/p-1/b16-10-. The van der Waals surface area contributed by atoms with Crippen molar-refractivity contribution in [3.63, 3.8) is 0 Å². The van der Waals surface area contributed by atoms with Gasteiger partial charge < -0.3 is 15.2 Å². The quantitative estimate of drug-likeness (QED) is 0.543. The molecule has 0 aromatic heterocycles. The summed E-state index contributed by atoms with van der Waals surface area (Å²) in [5.41, 5.74) is 1.12. The monoisotopic (exact) mass is 445 g/mol. The lowest BCUT2D eigenvalue weighted by atomic mass is 10.2. The minimum absolute atomic E-state index is 0.0101. The lowest BCUT2D eigenvalue weighted by Crippen LogP contribution is -2.31. The van der Waals surface area contributed by atoms with Crippen molar-refractivity contribution in [3.05, 3.63) is 69.6 Å². The van der Waals surface area contributed by atoms with Crippen molar-refractivity contribution < 1.29 is 19.5 Å². The SMILES string of the molecule is O=C(CCN1C(=O)/C(=C/c2ccc(Cl)cc2)SC1=S)Nc1cccc(C(=O)[O-])c1. The molecule has 1 heterocycles. The van der Waals surface area contributed by atoms with E-state index in [-0.39, 0.29) is 30.3 Å². The van der Waals surface area contributed by atoms with E-state index in [1.807, 2.05) is 0 Å². The minimum Gasteiger partial charge on any atom is -0.545 e. The number of carboxylic acid groups (broad SMARTS) is 1. The molecule has 2 amide bonds. The number of hydrogen-bond acceptors (Lipinski definition) is 6. The molecule has 148 valence electrons. The number of benzene rings is 2. The number of hydrogen-bond donors (Lipinski definition) is 1. The highest BCUT2D eigenvalue weighted by atomic mass is 35.5. The summed E-state index contributed by atoms with van der Waals surface area (Å²) < 4.78 is 0.377. The Hall–Kier alpha value is -2.68. The largest absolute Gasteiger partial charge is 0.545 e. The Balaban J connectivity index is 1.60. The molecule has 29 heavy (non-hydrogen) atoms. The molecule has 2 aromatic rings. The van der Waals surface area contributed by atoms with Gasteiger partial charge in [-0.2, -0.15) is 0 Å². The topological polar surface area (TPSA) is 89.5 Å². The first-order chi connectivity index (χ1) is 13.8. The van der Waals surface area contributed by atoms with Gasteiger partial charge in [0.25, 0.3) is 5.91 Å². The second kappa shape index (κ2) is 9.21. The Kier molecular flexibility index (Phi) is 6.68. The first-order valence-corrected chi connectivity index (χ1v) is 10.1. The zero-order valence-corrected chi connectivity index (χ0v) is 17.3. The molecular weight excluding hydrogens is 432 g/mol. The average molecular weight is 446 g/mol. The molecule has 1 aliphatic rings. The number of halogens is 1. The summed E-state index contributed by atoms with van der Waals surface area (Å²) in [6.07, 6.45) is 1.73. The number of amides is 2. The summed E-state index contributed by atoms with van der Waals surface area (Å²) >= 11 is 12.3. The molecule has 0 spiro atoms. The summed E-state index contributed by atoms with van der Waals surface area (Å²) in [5.74, 6) is -1.95. The first-order valence-electron chi connectivity index (χ1n) is 8.45. The average Bonchev–Trinajstić information content (AvgIpc) is 2.95. The number of carbonyl (C=O) groups is 3. The van der Waals surface area contributed by atoms with Gasteiger partial charge in [-0.1, -0.05) is 59.8 Å². The van der Waals surface area contributed by atoms with Gasteiger partial charge in [0.2, 0.25) is 5.91 Å². The van der Waals surface area contributed by atoms with Crippen molar-refractivity contribution >= 4 is 69.4 Å². The third-order valence-corrected chi connectivity index (χ3v) is 5.62. The molecule has 1 aliphatic heterocycles. The molecule has 1 fully saturated rings. The third kappa shape index (κ3) is 5.44. The number of rotatable bonds is 6. The lowest BCUT2D eigenvalue weighted by Gasteiger charge is -2.14. The van der Waals surface area contributed by atoms with Gasteiger partial charge in [0.1, 0.15) is 4.32 Å². The highest BCUT2D eigenvalue weighted by Gasteiger charge is 2.32. The van der Waals surface area contributed by atoms with Gasteiger partial charge in [-0.3, -0.25) is 14.5 Å². The Bertz CT molecular complexity index is 1020. The summed E-state index contributed by atoms with van der Waals surface area (Å²) in [6, 6.07) is 12.8. The highest BCUT2D eigenvalue weighted by Crippen LogP contribution is 2.32. The molecule has 0 aliphatic carbocycles. The van der Waals surface area contributed by atoms with Crippen LogP contribution < -0.4 is 10.4 Å². The number of anilines is 1. The van der Waals surface area contributed by atoms with E-state index in [4.69, 9.17) is 23.8 Å². The van der Waals surface area contributed by atoms with Crippen LogP contribution in [0.15, 0.2) is 53.4 Å². The van der Waals surface area contributed by atoms with Crippen LogP contribution in [0.1, 0.15) is 22.3 Å². The van der Waals surface area contributed by atoms with E-state index in [2.05, 4.69) is 5.32 Å². The second-order valence-corrected chi connectivity index (χ2v) is 8.16. The van der Waals surface area contributed by atoms with Crippen LogP contribution in [-0.2, 0) is 9.59 Å². The number of aromatic carboxylic acids is 1. The lowest BCUT2D eigenvalue weighted by molar-refractivity contribution is -0.255. The fourth-order valence-electron chi connectivity index (χ4n) is 2.56. The fourth-order valence-corrected chi connectivity index (χ4v) is 4.00. The smallest absolute Gasteiger partial charge is 0.266 e. The summed E-state index contributed by atoms with van der Waals surface area (Å²) in [4.78, 5) is 37.5. The number of thioether (sulfide) groups is 1. The maximum atomic E-state index is 12.6. The van der Waals surface area contributed by atoms with Crippen molar-refractivity contribution in [2.24, 2.45) is 0 Å². The molecule has 0 radical (unpaired) electrons. The third-order valence-electron chi connectivity index (χ3n) is 3.99. The molecule has 9 heteroatoms. The molecular formula is C20H14ClN2O4S2-. The van der Waals surface area contributed by atoms with Gasteiger partial charge >= 0.3 is 0 Å². The summed E-state index contributed by atoms with van der Waals surface area (Å²) in [5, 5.41) is 14.1. The van der Waals surface area contributed by atoms with Crippen LogP contribution in [0.5, 0.6) is 0 Å². The predicted octanol–water partition coefficient (Wildman–Crippen LogP) is 2.93. The Morgan fingerprint density at radius 1 is 1.21 bits per heavy atom. The molecule has 0 unspecified atom stereocenters. The van der Waals surface area contributed by atoms with Crippen LogP contribution in [0.4, 0.5) is 5.69 Å². The zero-order valence-electron chi connectivity index (χ0n) is 14.9. The molecule has 1 saturated heterocycles. The van der Waals surface area contributed by atoms with Crippen molar-refractivity contribution in [2.75, 3.05) is 11.9 Å². The van der Waals surface area contributed by atoms with Gasteiger partial charge in [0.05, 0.1) is 10.9 Å². The normalized spacial score (nSPS) is 15.1. The highest BCUT2D eigenvalue weighted by molar-refractivity contribution is 8.26. The van der Waals surface area contributed by atoms with E-state index < -0.39 is 5.97 Å². The van der Waals surface area contributed by atoms with E-state index >= 15 is 0 Å². The van der Waals surface area contributed by atoms with Gasteiger partial charge in [-0.15, -0.1) is 0 Å². The van der Waals surface area contributed by atoms with Crippen LogP contribution in [0, 0.1) is 0 Å². The number of carbonyl (C=O) groups excluding carboxylic acids is 3. The van der Waals surface area contributed by atoms with Crippen LogP contribution >= 0.6 is 35.6 Å². The molecule has 0 atom stereocenters. The Morgan fingerprint density at radius 3 is 2.62 bits per heavy atom. The number of thiocarbonyl (C=S) groups is 1. The maximum absolute atomic E-state index is 12.6. The van der Waals surface area contributed by atoms with E-state index in [9.17, 15) is 19.5 Å². The van der Waals surface area contributed by atoms with E-state index in [0.717, 1.165) is 5.56 Å². The van der Waals surface area contributed by atoms with Crippen molar-refractivity contribution in [3.8, 4) is 0 Å². The van der Waals surface area contributed by atoms with Crippen LogP contribution in [0.2, 0.25) is 5.02 Å². The van der Waals surface area contributed by atoms with Crippen LogP contribution in [0.25, 0.3) is 6.08 Å². The Labute approximate surface area is 181 Å². The minimum atomic E-state index is -1.33. The molecule has 6 nitrogen and oxygen atoms in total. The summed E-state index contributed by atoms with van der Waals surface area (Å²) in [6.45, 7) is 0.120. The van der Waals surface area contributed by atoms with Gasteiger partial charge in [0.15, 0.2) is 0 Å².